The van der Waals surface area contributed by atoms with Gasteiger partial charge in [-0.2, -0.15) is 4.39 Å². The maximum absolute atomic E-state index is 13.3. The summed E-state index contributed by atoms with van der Waals surface area (Å²) in [5, 5.41) is 0.351. The van der Waals surface area contributed by atoms with Crippen molar-refractivity contribution in [2.45, 2.75) is 18.2 Å². The zero-order valence-corrected chi connectivity index (χ0v) is 8.74. The van der Waals surface area contributed by atoms with Gasteiger partial charge in [0.25, 0.3) is 0 Å². The van der Waals surface area contributed by atoms with E-state index in [1.165, 1.54) is 12.7 Å². The topological polar surface area (TPSA) is 43.6 Å². The van der Waals surface area contributed by atoms with Crippen LogP contribution in [0.3, 0.4) is 0 Å². The number of hydrogen-bond donors (Lipinski definition) is 0. The fourth-order valence-corrected chi connectivity index (χ4v) is 3.07. The van der Waals surface area contributed by atoms with Gasteiger partial charge in [-0.1, -0.05) is 0 Å². The lowest BCUT2D eigenvalue weighted by molar-refractivity contribution is 0.590. The third kappa shape index (κ3) is 1.40. The van der Waals surface area contributed by atoms with Crippen molar-refractivity contribution >= 4 is 22.9 Å². The predicted molar refractivity (Wildman–Crippen MR) is 56.0 cm³/mol. The van der Waals surface area contributed by atoms with Crippen LogP contribution in [0.25, 0.3) is 11.2 Å². The molecular formula is C9H9FN4S. The number of aromatic nitrogens is 4. The van der Waals surface area contributed by atoms with Gasteiger partial charge in [0.05, 0.1) is 11.7 Å². The minimum Gasteiger partial charge on any atom is -0.302 e. The molecule has 1 aliphatic heterocycles. The van der Waals surface area contributed by atoms with Gasteiger partial charge in [-0.05, 0) is 18.6 Å². The summed E-state index contributed by atoms with van der Waals surface area (Å²) in [6.45, 7) is 0. The molecule has 3 rings (SSSR count). The summed E-state index contributed by atoms with van der Waals surface area (Å²) in [6.07, 6.45) is 5.20. The molecule has 2 aromatic rings. The van der Waals surface area contributed by atoms with Crippen LogP contribution in [0.1, 0.15) is 18.2 Å². The minimum atomic E-state index is -0.540. The highest BCUT2D eigenvalue weighted by Crippen LogP contribution is 2.36. The highest BCUT2D eigenvalue weighted by atomic mass is 32.2. The van der Waals surface area contributed by atoms with E-state index in [4.69, 9.17) is 0 Å². The van der Waals surface area contributed by atoms with Crippen molar-refractivity contribution in [1.82, 2.24) is 19.5 Å². The lowest BCUT2D eigenvalue weighted by Crippen LogP contribution is -2.01. The van der Waals surface area contributed by atoms with E-state index in [0.29, 0.717) is 11.0 Å². The van der Waals surface area contributed by atoms with Gasteiger partial charge in [0, 0.05) is 0 Å². The van der Waals surface area contributed by atoms with Crippen LogP contribution in [0.15, 0.2) is 12.7 Å². The molecule has 3 heterocycles. The fourth-order valence-electron chi connectivity index (χ4n) is 1.81. The second-order valence-corrected chi connectivity index (χ2v) is 4.74. The Hall–Kier alpha value is -1.17. The molecule has 78 valence electrons. The SMILES string of the molecule is Fc1ncnc2c1ncn2C1CCCS1. The highest BCUT2D eigenvalue weighted by molar-refractivity contribution is 7.99. The molecule has 0 amide bonds. The van der Waals surface area contributed by atoms with Crippen LogP contribution in [0.5, 0.6) is 0 Å². The minimum absolute atomic E-state index is 0.269. The Labute approximate surface area is 89.9 Å². The molecule has 4 nitrogen and oxygen atoms in total. The molecule has 0 saturated carbocycles. The van der Waals surface area contributed by atoms with Gasteiger partial charge in [0.2, 0.25) is 5.95 Å². The number of hydrogen-bond acceptors (Lipinski definition) is 4. The molecule has 15 heavy (non-hydrogen) atoms. The molecular weight excluding hydrogens is 215 g/mol. The normalized spacial score (nSPS) is 21.3. The Morgan fingerprint density at radius 2 is 2.33 bits per heavy atom. The Morgan fingerprint density at radius 3 is 3.13 bits per heavy atom. The Bertz CT molecular complexity index is 492. The summed E-state index contributed by atoms with van der Waals surface area (Å²) in [5.74, 6) is 0.611. The number of fused-ring (bicyclic) bond motifs is 1. The van der Waals surface area contributed by atoms with E-state index in [1.54, 1.807) is 6.33 Å². The fraction of sp³-hybridized carbons (Fsp3) is 0.444. The number of thioether (sulfide) groups is 1. The lowest BCUT2D eigenvalue weighted by Gasteiger charge is -2.09. The Kier molecular flexibility index (Phi) is 2.09. The van der Waals surface area contributed by atoms with Gasteiger partial charge in [-0.25, -0.2) is 15.0 Å². The van der Waals surface area contributed by atoms with Gasteiger partial charge in [0.1, 0.15) is 6.33 Å². The third-order valence-corrected chi connectivity index (χ3v) is 3.90. The van der Waals surface area contributed by atoms with Crippen LogP contribution in [-0.2, 0) is 0 Å². The monoisotopic (exact) mass is 224 g/mol. The van der Waals surface area contributed by atoms with Crippen molar-refractivity contribution in [3.63, 3.8) is 0 Å². The van der Waals surface area contributed by atoms with Crippen molar-refractivity contribution < 1.29 is 4.39 Å². The second-order valence-electron chi connectivity index (χ2n) is 3.46. The molecule has 0 bridgehead atoms. The predicted octanol–water partition coefficient (Wildman–Crippen LogP) is 1.99. The van der Waals surface area contributed by atoms with Crippen molar-refractivity contribution in [1.29, 1.82) is 0 Å². The summed E-state index contributed by atoms with van der Waals surface area (Å²) in [4.78, 5) is 11.6. The van der Waals surface area contributed by atoms with Crippen LogP contribution in [0.4, 0.5) is 4.39 Å². The Balaban J connectivity index is 2.15. The first kappa shape index (κ1) is 9.08. The summed E-state index contributed by atoms with van der Waals surface area (Å²) < 4.78 is 15.2. The van der Waals surface area contributed by atoms with Crippen LogP contribution < -0.4 is 0 Å². The summed E-state index contributed by atoms with van der Waals surface area (Å²) >= 11 is 1.86. The highest BCUT2D eigenvalue weighted by Gasteiger charge is 2.20. The first-order valence-corrected chi connectivity index (χ1v) is 5.86. The molecule has 0 aliphatic carbocycles. The zero-order valence-electron chi connectivity index (χ0n) is 7.93. The molecule has 1 aliphatic rings. The van der Waals surface area contributed by atoms with E-state index in [2.05, 4.69) is 15.0 Å². The molecule has 1 saturated heterocycles. The van der Waals surface area contributed by atoms with E-state index in [1.807, 2.05) is 16.3 Å². The van der Waals surface area contributed by atoms with Crippen molar-refractivity contribution in [2.75, 3.05) is 5.75 Å². The van der Waals surface area contributed by atoms with E-state index in [9.17, 15) is 4.39 Å². The average Bonchev–Trinajstić information content (AvgIpc) is 2.85. The van der Waals surface area contributed by atoms with Crippen LogP contribution in [0.2, 0.25) is 0 Å². The van der Waals surface area contributed by atoms with Gasteiger partial charge < -0.3 is 4.57 Å². The molecule has 1 fully saturated rings. The molecule has 0 aromatic carbocycles. The van der Waals surface area contributed by atoms with E-state index in [-0.39, 0.29) is 5.52 Å². The number of rotatable bonds is 1. The summed E-state index contributed by atoms with van der Waals surface area (Å²) in [6, 6.07) is 0. The van der Waals surface area contributed by atoms with Crippen LogP contribution >= 0.6 is 11.8 Å². The largest absolute Gasteiger partial charge is 0.302 e. The quantitative estimate of drug-likeness (QED) is 0.695. The lowest BCUT2D eigenvalue weighted by atomic mass is 10.3. The second kappa shape index (κ2) is 3.44. The molecule has 0 radical (unpaired) electrons. The number of imidazole rings is 1. The molecule has 1 atom stereocenters. The van der Waals surface area contributed by atoms with Crippen molar-refractivity contribution in [2.24, 2.45) is 0 Å². The van der Waals surface area contributed by atoms with E-state index < -0.39 is 5.95 Å². The smallest absolute Gasteiger partial charge is 0.244 e. The average molecular weight is 224 g/mol. The molecule has 0 spiro atoms. The van der Waals surface area contributed by atoms with Gasteiger partial charge in [-0.3, -0.25) is 0 Å². The van der Waals surface area contributed by atoms with E-state index >= 15 is 0 Å². The van der Waals surface area contributed by atoms with Gasteiger partial charge >= 0.3 is 0 Å². The van der Waals surface area contributed by atoms with Gasteiger partial charge in [-0.15, -0.1) is 11.8 Å². The maximum Gasteiger partial charge on any atom is 0.244 e. The molecule has 1 unspecified atom stereocenters. The Morgan fingerprint density at radius 1 is 1.40 bits per heavy atom. The van der Waals surface area contributed by atoms with Crippen LogP contribution in [0, 0.1) is 5.95 Å². The molecule has 6 heteroatoms. The van der Waals surface area contributed by atoms with Crippen molar-refractivity contribution in [3.05, 3.63) is 18.6 Å². The maximum atomic E-state index is 13.3. The standard InChI is InChI=1S/C9H9FN4S/c10-8-7-9(12-4-11-8)14(5-13-7)6-2-1-3-15-6/h4-6H,1-3H2. The summed E-state index contributed by atoms with van der Waals surface area (Å²) in [5.41, 5.74) is 0.867. The number of nitrogens with zero attached hydrogens (tertiary/aromatic N) is 4. The summed E-state index contributed by atoms with van der Waals surface area (Å²) in [7, 11) is 0. The van der Waals surface area contributed by atoms with E-state index in [0.717, 1.165) is 12.2 Å². The van der Waals surface area contributed by atoms with Gasteiger partial charge in [0.15, 0.2) is 11.2 Å². The zero-order chi connectivity index (χ0) is 10.3. The molecule has 2 aromatic heterocycles. The van der Waals surface area contributed by atoms with Crippen molar-refractivity contribution in [3.8, 4) is 0 Å². The molecule has 0 N–H and O–H groups in total. The first-order chi connectivity index (χ1) is 7.36. The number of halogens is 1. The van der Waals surface area contributed by atoms with Crippen LogP contribution in [-0.4, -0.2) is 25.3 Å². The first-order valence-electron chi connectivity index (χ1n) is 4.81. The third-order valence-electron chi connectivity index (χ3n) is 2.53.